The Balaban J connectivity index is 1.33. The van der Waals surface area contributed by atoms with Gasteiger partial charge >= 0.3 is 5.97 Å². The second kappa shape index (κ2) is 10.2. The largest absolute Gasteiger partial charge is 0.423 e. The number of esters is 1. The number of ether oxygens (including phenoxy) is 1. The number of anilines is 2. The fraction of sp³-hybridized carbons (Fsp3) is 0.100. The molecule has 2 saturated heterocycles. The maximum atomic E-state index is 13.8. The highest BCUT2D eigenvalue weighted by Crippen LogP contribution is 2.48. The Morgan fingerprint density at radius 2 is 1.41 bits per heavy atom. The van der Waals surface area contributed by atoms with E-state index in [0.29, 0.717) is 33.3 Å². The normalized spacial score (nSPS) is 20.3. The van der Waals surface area contributed by atoms with Gasteiger partial charge in [-0.15, -0.1) is 0 Å². The zero-order valence-electron chi connectivity index (χ0n) is 20.2. The summed E-state index contributed by atoms with van der Waals surface area (Å²) in [6, 6.07) is 28.8. The predicted molar refractivity (Wildman–Crippen MR) is 147 cm³/mol. The van der Waals surface area contributed by atoms with E-state index in [0.717, 1.165) is 4.90 Å². The molecular weight excluding hydrogens is 539 g/mol. The second-order valence-electron chi connectivity index (χ2n) is 9.09. The van der Waals surface area contributed by atoms with Crippen LogP contribution < -0.4 is 14.7 Å². The lowest BCUT2D eigenvalue weighted by molar-refractivity contribution is -0.126. The lowest BCUT2D eigenvalue weighted by Gasteiger charge is -2.29. The number of para-hydroxylation sites is 1. The quantitative estimate of drug-likeness (QED) is 0.163. The van der Waals surface area contributed by atoms with Crippen LogP contribution >= 0.6 is 23.2 Å². The molecule has 4 aromatic carbocycles. The Kier molecular flexibility index (Phi) is 6.56. The molecule has 39 heavy (non-hydrogen) atoms. The maximum absolute atomic E-state index is 13.8. The Morgan fingerprint density at radius 1 is 0.744 bits per heavy atom. The van der Waals surface area contributed by atoms with Gasteiger partial charge in [0.05, 0.1) is 33.0 Å². The van der Waals surface area contributed by atoms with Crippen LogP contribution in [0.4, 0.5) is 11.4 Å². The van der Waals surface area contributed by atoms with Crippen molar-refractivity contribution >= 4 is 52.4 Å². The summed E-state index contributed by atoms with van der Waals surface area (Å²) in [4.78, 5) is 47.0. The molecule has 0 N–H and O–H groups in total. The maximum Gasteiger partial charge on any atom is 0.343 e. The minimum Gasteiger partial charge on any atom is -0.423 e. The summed E-state index contributed by atoms with van der Waals surface area (Å²) in [7, 11) is 0. The molecule has 0 radical (unpaired) electrons. The number of benzene rings is 4. The molecule has 2 heterocycles. The van der Waals surface area contributed by atoms with Gasteiger partial charge in [0, 0.05) is 0 Å². The Labute approximate surface area is 234 Å². The molecule has 0 aromatic heterocycles. The number of rotatable bonds is 5. The van der Waals surface area contributed by atoms with Crippen molar-refractivity contribution in [2.75, 3.05) is 9.96 Å². The third-order valence-electron chi connectivity index (χ3n) is 6.73. The van der Waals surface area contributed by atoms with E-state index in [1.165, 1.54) is 12.1 Å². The number of nitrogens with zero attached hydrogens (tertiary/aromatic N) is 2. The second-order valence-corrected chi connectivity index (χ2v) is 9.91. The van der Waals surface area contributed by atoms with Gasteiger partial charge in [-0.2, -0.15) is 0 Å². The van der Waals surface area contributed by atoms with E-state index < -0.39 is 35.8 Å². The number of hydroxylamine groups is 1. The van der Waals surface area contributed by atoms with E-state index in [1.807, 2.05) is 36.4 Å². The van der Waals surface area contributed by atoms with Gasteiger partial charge in [0.15, 0.2) is 6.10 Å². The lowest BCUT2D eigenvalue weighted by atomic mass is 9.90. The Hall–Kier alpha value is -4.17. The number of imide groups is 1. The summed E-state index contributed by atoms with van der Waals surface area (Å²) in [5, 5.41) is 2.15. The highest BCUT2D eigenvalue weighted by molar-refractivity contribution is 6.42. The monoisotopic (exact) mass is 558 g/mol. The minimum atomic E-state index is -1.03. The predicted octanol–water partition coefficient (Wildman–Crippen LogP) is 6.26. The molecule has 4 aromatic rings. The first-order valence-corrected chi connectivity index (χ1v) is 12.9. The van der Waals surface area contributed by atoms with Crippen LogP contribution in [0.3, 0.4) is 0 Å². The van der Waals surface area contributed by atoms with Gasteiger partial charge < -0.3 is 4.74 Å². The van der Waals surface area contributed by atoms with Crippen molar-refractivity contribution in [3.8, 4) is 5.75 Å². The topological polar surface area (TPSA) is 76.2 Å². The molecule has 0 bridgehead atoms. The van der Waals surface area contributed by atoms with E-state index in [1.54, 1.807) is 59.7 Å². The first-order valence-electron chi connectivity index (χ1n) is 12.1. The van der Waals surface area contributed by atoms with Gasteiger partial charge in [0.1, 0.15) is 11.7 Å². The fourth-order valence-corrected chi connectivity index (χ4v) is 5.20. The summed E-state index contributed by atoms with van der Waals surface area (Å²) in [6.07, 6.45) is -1.03. The summed E-state index contributed by atoms with van der Waals surface area (Å²) in [5.41, 5.74) is 2.16. The molecule has 7 nitrogen and oxygen atoms in total. The number of carbonyl (C=O) groups is 3. The number of carbonyl (C=O) groups excluding carboxylic acids is 3. The van der Waals surface area contributed by atoms with Crippen molar-refractivity contribution in [2.45, 2.75) is 12.1 Å². The standard InChI is InChI=1S/C30H20Cl2N2O5/c31-23-16-13-21(17-24(23)32)33-28(35)25-26(34(39-27(25)29(33)36)20-9-5-2-6-10-20)18-11-14-22(15-12-18)38-30(37)19-7-3-1-4-8-19/h1-17,25-27H/t25-,26-,27-/m0/s1. The van der Waals surface area contributed by atoms with Crippen molar-refractivity contribution in [3.05, 3.63) is 124 Å². The lowest BCUT2D eigenvalue weighted by Crippen LogP contribution is -2.37. The SMILES string of the molecule is O=C(Oc1ccc([C@H]2[C@@H]3C(=O)N(c4ccc(Cl)c(Cl)c4)C(=O)[C@H]3ON2c2ccccc2)cc1)c1ccccc1. The smallest absolute Gasteiger partial charge is 0.343 e. The Bertz CT molecular complexity index is 1560. The number of amides is 2. The molecule has 194 valence electrons. The van der Waals surface area contributed by atoms with E-state index in [4.69, 9.17) is 32.8 Å². The fourth-order valence-electron chi connectivity index (χ4n) is 4.90. The summed E-state index contributed by atoms with van der Waals surface area (Å²) < 4.78 is 5.51. The third kappa shape index (κ3) is 4.55. The highest BCUT2D eigenvalue weighted by Gasteiger charge is 2.60. The minimum absolute atomic E-state index is 0.232. The van der Waals surface area contributed by atoms with E-state index in [9.17, 15) is 14.4 Å². The van der Waals surface area contributed by atoms with Gasteiger partial charge in [-0.05, 0) is 60.2 Å². The molecule has 9 heteroatoms. The summed E-state index contributed by atoms with van der Waals surface area (Å²) in [5.74, 6) is -1.86. The summed E-state index contributed by atoms with van der Waals surface area (Å²) >= 11 is 12.2. The molecule has 0 unspecified atom stereocenters. The molecule has 0 aliphatic carbocycles. The van der Waals surface area contributed by atoms with Crippen LogP contribution in [0.1, 0.15) is 22.0 Å². The molecule has 2 amide bonds. The highest BCUT2D eigenvalue weighted by atomic mass is 35.5. The molecule has 2 fully saturated rings. The molecular formula is C30H20Cl2N2O5. The number of hydrogen-bond acceptors (Lipinski definition) is 6. The van der Waals surface area contributed by atoms with E-state index >= 15 is 0 Å². The first-order chi connectivity index (χ1) is 18.9. The van der Waals surface area contributed by atoms with Crippen molar-refractivity contribution in [2.24, 2.45) is 5.92 Å². The zero-order chi connectivity index (χ0) is 27.1. The van der Waals surface area contributed by atoms with Crippen LogP contribution in [0.25, 0.3) is 0 Å². The average Bonchev–Trinajstić information content (AvgIpc) is 3.47. The van der Waals surface area contributed by atoms with Gasteiger partial charge in [-0.3, -0.25) is 14.4 Å². The average molecular weight is 559 g/mol. The molecule has 3 atom stereocenters. The van der Waals surface area contributed by atoms with Gasteiger partial charge in [0.2, 0.25) is 5.91 Å². The van der Waals surface area contributed by atoms with Crippen molar-refractivity contribution in [1.82, 2.24) is 0 Å². The molecule has 0 spiro atoms. The number of halogens is 2. The van der Waals surface area contributed by atoms with Crippen LogP contribution in [0.2, 0.25) is 10.0 Å². The van der Waals surface area contributed by atoms with Crippen molar-refractivity contribution < 1.29 is 24.0 Å². The number of hydrogen-bond donors (Lipinski definition) is 0. The summed E-state index contributed by atoms with van der Waals surface area (Å²) in [6.45, 7) is 0. The molecule has 6 rings (SSSR count). The van der Waals surface area contributed by atoms with Crippen LogP contribution in [0.5, 0.6) is 5.75 Å². The zero-order valence-corrected chi connectivity index (χ0v) is 21.8. The van der Waals surface area contributed by atoms with Crippen molar-refractivity contribution in [1.29, 1.82) is 0 Å². The van der Waals surface area contributed by atoms with Crippen molar-refractivity contribution in [3.63, 3.8) is 0 Å². The van der Waals surface area contributed by atoms with Gasteiger partial charge in [-0.25, -0.2) is 14.8 Å². The van der Waals surface area contributed by atoms with E-state index in [2.05, 4.69) is 0 Å². The first kappa shape index (κ1) is 25.1. The van der Waals surface area contributed by atoms with Crippen LogP contribution in [-0.2, 0) is 14.4 Å². The molecule has 2 aliphatic heterocycles. The molecule has 0 saturated carbocycles. The van der Waals surface area contributed by atoms with Crippen LogP contribution in [0, 0.1) is 5.92 Å². The van der Waals surface area contributed by atoms with Crippen LogP contribution in [0.15, 0.2) is 103 Å². The third-order valence-corrected chi connectivity index (χ3v) is 7.47. The number of fused-ring (bicyclic) bond motifs is 1. The van der Waals surface area contributed by atoms with Gasteiger partial charge in [0.25, 0.3) is 5.91 Å². The van der Waals surface area contributed by atoms with E-state index in [-0.39, 0.29) is 5.02 Å². The van der Waals surface area contributed by atoms with Gasteiger partial charge in [-0.1, -0.05) is 71.7 Å². The van der Waals surface area contributed by atoms with Crippen LogP contribution in [-0.4, -0.2) is 23.9 Å². The molecule has 2 aliphatic rings. The Morgan fingerprint density at radius 3 is 2.08 bits per heavy atom.